The third kappa shape index (κ3) is 2.75. The Hall–Kier alpha value is -1.51. The van der Waals surface area contributed by atoms with Gasteiger partial charge in [-0.25, -0.2) is 4.52 Å². The van der Waals surface area contributed by atoms with E-state index in [1.807, 2.05) is 19.9 Å². The van der Waals surface area contributed by atoms with Crippen LogP contribution in [-0.4, -0.2) is 16.2 Å². The van der Waals surface area contributed by atoms with Crippen molar-refractivity contribution in [2.75, 3.05) is 6.61 Å². The van der Waals surface area contributed by atoms with Crippen LogP contribution in [-0.2, 0) is 12.8 Å². The normalized spacial score (nSPS) is 11.5. The van der Waals surface area contributed by atoms with Crippen molar-refractivity contribution in [3.63, 3.8) is 0 Å². The number of nitrogens with zero attached hydrogens (tertiary/aromatic N) is 2. The highest BCUT2D eigenvalue weighted by molar-refractivity contribution is 5.63. The lowest BCUT2D eigenvalue weighted by Crippen LogP contribution is -2.03. The van der Waals surface area contributed by atoms with Crippen LogP contribution in [0.4, 0.5) is 0 Å². The summed E-state index contributed by atoms with van der Waals surface area (Å²) in [4.78, 5) is 0. The van der Waals surface area contributed by atoms with Crippen LogP contribution in [0.3, 0.4) is 0 Å². The van der Waals surface area contributed by atoms with Gasteiger partial charge in [0.05, 0.1) is 12.3 Å². The van der Waals surface area contributed by atoms with Crippen LogP contribution in [0, 0.1) is 12.8 Å². The molecule has 0 radical (unpaired) electrons. The van der Waals surface area contributed by atoms with Crippen molar-refractivity contribution in [2.45, 2.75) is 47.5 Å². The molecule has 2 rings (SSSR count). The molecule has 2 aromatic rings. The summed E-state index contributed by atoms with van der Waals surface area (Å²) in [5, 5.41) is 4.65. The molecule has 19 heavy (non-hydrogen) atoms. The molecule has 0 bridgehead atoms. The zero-order valence-corrected chi connectivity index (χ0v) is 12.7. The lowest BCUT2D eigenvalue weighted by molar-refractivity contribution is 0.341. The van der Waals surface area contributed by atoms with Crippen LogP contribution in [0.1, 0.15) is 44.6 Å². The molecule has 0 aliphatic rings. The molecule has 0 aliphatic carbocycles. The number of aromatic nitrogens is 2. The molecule has 0 spiro atoms. The van der Waals surface area contributed by atoms with Gasteiger partial charge in [0.2, 0.25) is 0 Å². The van der Waals surface area contributed by atoms with Gasteiger partial charge >= 0.3 is 0 Å². The highest BCUT2D eigenvalue weighted by atomic mass is 16.5. The summed E-state index contributed by atoms with van der Waals surface area (Å²) in [6, 6.07) is 4.27. The van der Waals surface area contributed by atoms with E-state index in [1.165, 1.54) is 11.3 Å². The van der Waals surface area contributed by atoms with Crippen LogP contribution in [0.5, 0.6) is 5.75 Å². The molecule has 0 saturated carbocycles. The Labute approximate surface area is 115 Å². The van der Waals surface area contributed by atoms with Crippen LogP contribution in [0.2, 0.25) is 0 Å². The third-order valence-electron chi connectivity index (χ3n) is 3.28. The van der Waals surface area contributed by atoms with E-state index in [0.717, 1.165) is 29.8 Å². The number of hydrogen-bond donors (Lipinski definition) is 0. The minimum Gasteiger partial charge on any atom is -0.492 e. The first-order chi connectivity index (χ1) is 9.06. The first-order valence-corrected chi connectivity index (χ1v) is 7.20. The Morgan fingerprint density at radius 2 is 2.00 bits per heavy atom. The van der Waals surface area contributed by atoms with E-state index in [9.17, 15) is 0 Å². The summed E-state index contributed by atoms with van der Waals surface area (Å²) in [7, 11) is 0. The van der Waals surface area contributed by atoms with Crippen molar-refractivity contribution in [3.8, 4) is 5.75 Å². The molecule has 2 aromatic heterocycles. The van der Waals surface area contributed by atoms with Crippen LogP contribution in [0.25, 0.3) is 5.52 Å². The smallest absolute Gasteiger partial charge is 0.146 e. The van der Waals surface area contributed by atoms with Crippen molar-refractivity contribution in [3.05, 3.63) is 29.1 Å². The molecule has 0 fully saturated rings. The number of ether oxygens (including phenoxy) is 1. The molecule has 0 unspecified atom stereocenters. The Kier molecular flexibility index (Phi) is 4.13. The van der Waals surface area contributed by atoms with Gasteiger partial charge < -0.3 is 4.74 Å². The van der Waals surface area contributed by atoms with E-state index < -0.39 is 0 Å². The maximum absolute atomic E-state index is 5.76. The molecule has 0 saturated heterocycles. The summed E-state index contributed by atoms with van der Waals surface area (Å²) in [6.45, 7) is 11.4. The average molecular weight is 260 g/mol. The SMILES string of the molecule is CCOc1cc(C)nn2c(CC)c(CC(C)C)cc12. The van der Waals surface area contributed by atoms with Crippen LogP contribution in [0.15, 0.2) is 12.1 Å². The van der Waals surface area contributed by atoms with E-state index in [2.05, 4.69) is 36.5 Å². The van der Waals surface area contributed by atoms with Gasteiger partial charge in [-0.3, -0.25) is 0 Å². The van der Waals surface area contributed by atoms with E-state index in [0.29, 0.717) is 12.5 Å². The molecule has 0 amide bonds. The number of fused-ring (bicyclic) bond motifs is 1. The van der Waals surface area contributed by atoms with Crippen LogP contribution >= 0.6 is 0 Å². The summed E-state index contributed by atoms with van der Waals surface area (Å²) >= 11 is 0. The molecule has 0 N–H and O–H groups in total. The topological polar surface area (TPSA) is 26.5 Å². The van der Waals surface area contributed by atoms with Gasteiger partial charge in [-0.2, -0.15) is 5.10 Å². The second-order valence-electron chi connectivity index (χ2n) is 5.45. The number of rotatable bonds is 5. The fourth-order valence-electron chi connectivity index (χ4n) is 2.60. The highest BCUT2D eigenvalue weighted by Crippen LogP contribution is 2.27. The maximum atomic E-state index is 5.76. The van der Waals surface area contributed by atoms with Crippen molar-refractivity contribution in [2.24, 2.45) is 5.92 Å². The van der Waals surface area contributed by atoms with Gasteiger partial charge in [-0.1, -0.05) is 20.8 Å². The maximum Gasteiger partial charge on any atom is 0.146 e. The zero-order chi connectivity index (χ0) is 14.0. The Morgan fingerprint density at radius 3 is 2.58 bits per heavy atom. The fraction of sp³-hybridized carbons (Fsp3) is 0.562. The monoisotopic (exact) mass is 260 g/mol. The minimum absolute atomic E-state index is 0.652. The summed E-state index contributed by atoms with van der Waals surface area (Å²) in [6.07, 6.45) is 2.09. The molecule has 3 heteroatoms. The fourth-order valence-corrected chi connectivity index (χ4v) is 2.60. The van der Waals surface area contributed by atoms with E-state index in [-0.39, 0.29) is 0 Å². The second-order valence-corrected chi connectivity index (χ2v) is 5.45. The lowest BCUT2D eigenvalue weighted by Gasteiger charge is -2.08. The van der Waals surface area contributed by atoms with E-state index in [4.69, 9.17) is 4.74 Å². The largest absolute Gasteiger partial charge is 0.492 e. The molecule has 0 atom stereocenters. The first-order valence-electron chi connectivity index (χ1n) is 7.20. The summed E-state index contributed by atoms with van der Waals surface area (Å²) in [5.74, 6) is 1.60. The van der Waals surface area contributed by atoms with Crippen LogP contribution < -0.4 is 4.74 Å². The Balaban J connectivity index is 2.63. The van der Waals surface area contributed by atoms with Gasteiger partial charge in [0, 0.05) is 11.8 Å². The predicted octanol–water partition coefficient (Wildman–Crippen LogP) is 3.80. The Bertz CT molecular complexity index is 570. The van der Waals surface area contributed by atoms with Crippen molar-refractivity contribution >= 4 is 5.52 Å². The second kappa shape index (κ2) is 5.64. The van der Waals surface area contributed by atoms with Gasteiger partial charge in [0.15, 0.2) is 0 Å². The molecule has 2 heterocycles. The standard InChI is InChI=1S/C16H24N2O/c1-6-14-13(8-11(3)4)10-15-16(19-7-2)9-12(5)17-18(14)15/h9-11H,6-8H2,1-5H3. The van der Waals surface area contributed by atoms with Crippen molar-refractivity contribution in [1.82, 2.24) is 9.61 Å². The molecule has 0 aromatic carbocycles. The quantitative estimate of drug-likeness (QED) is 0.817. The van der Waals surface area contributed by atoms with Crippen molar-refractivity contribution < 1.29 is 4.74 Å². The molecular formula is C16H24N2O. The summed E-state index contributed by atoms with van der Waals surface area (Å²) < 4.78 is 7.82. The van der Waals surface area contributed by atoms with Crippen molar-refractivity contribution in [1.29, 1.82) is 0 Å². The van der Waals surface area contributed by atoms with Gasteiger partial charge in [0.25, 0.3) is 0 Å². The molecule has 0 aliphatic heterocycles. The number of aryl methyl sites for hydroxylation is 2. The molecular weight excluding hydrogens is 236 g/mol. The lowest BCUT2D eigenvalue weighted by atomic mass is 10.0. The zero-order valence-electron chi connectivity index (χ0n) is 12.7. The van der Waals surface area contributed by atoms with E-state index in [1.54, 1.807) is 0 Å². The van der Waals surface area contributed by atoms with Gasteiger partial charge in [-0.15, -0.1) is 0 Å². The summed E-state index contributed by atoms with van der Waals surface area (Å²) in [5.41, 5.74) is 4.81. The molecule has 3 nitrogen and oxygen atoms in total. The van der Waals surface area contributed by atoms with Gasteiger partial charge in [0.1, 0.15) is 11.3 Å². The Morgan fingerprint density at radius 1 is 1.26 bits per heavy atom. The highest BCUT2D eigenvalue weighted by Gasteiger charge is 2.14. The van der Waals surface area contributed by atoms with E-state index >= 15 is 0 Å². The third-order valence-corrected chi connectivity index (χ3v) is 3.28. The molecule has 104 valence electrons. The first kappa shape index (κ1) is 13.9. The number of hydrogen-bond acceptors (Lipinski definition) is 2. The van der Waals surface area contributed by atoms with Gasteiger partial charge in [-0.05, 0) is 44.2 Å². The minimum atomic E-state index is 0.652. The average Bonchev–Trinajstić information content (AvgIpc) is 2.66. The predicted molar refractivity (Wildman–Crippen MR) is 79.0 cm³/mol.